The second-order valence-electron chi connectivity index (χ2n) is 7.07. The number of aryl methyl sites for hydroxylation is 2. The van der Waals surface area contributed by atoms with Crippen LogP contribution in [0.4, 0.5) is 4.79 Å². The average molecular weight is 473 g/mol. The van der Waals surface area contributed by atoms with E-state index in [-0.39, 0.29) is 59.3 Å². The quantitative estimate of drug-likeness (QED) is 0.713. The van der Waals surface area contributed by atoms with Crippen LogP contribution >= 0.6 is 23.2 Å². The SMILES string of the molecule is Cc1cc(C)c(CNC(=O)N2CCN(S(=O)(=O)c3cc(Cl)ccc3Cl)CC2)c(=O)[nH]1. The van der Waals surface area contributed by atoms with Gasteiger partial charge in [-0.3, -0.25) is 4.79 Å². The molecule has 0 saturated carbocycles. The van der Waals surface area contributed by atoms with Crippen LogP contribution in [-0.2, 0) is 16.6 Å². The highest BCUT2D eigenvalue weighted by molar-refractivity contribution is 7.89. The molecule has 2 aromatic rings. The van der Waals surface area contributed by atoms with Crippen molar-refractivity contribution in [1.29, 1.82) is 0 Å². The number of amides is 2. The summed E-state index contributed by atoms with van der Waals surface area (Å²) in [5.41, 5.74) is 1.81. The third-order valence-electron chi connectivity index (χ3n) is 4.95. The number of sulfonamides is 1. The molecule has 0 atom stereocenters. The monoisotopic (exact) mass is 472 g/mol. The van der Waals surface area contributed by atoms with Gasteiger partial charge >= 0.3 is 6.03 Å². The Labute approximate surface area is 184 Å². The van der Waals surface area contributed by atoms with E-state index in [1.54, 1.807) is 6.92 Å². The normalized spacial score (nSPS) is 15.3. The van der Waals surface area contributed by atoms with Crippen LogP contribution in [0.3, 0.4) is 0 Å². The van der Waals surface area contributed by atoms with E-state index < -0.39 is 10.0 Å². The Balaban J connectivity index is 1.62. The lowest BCUT2D eigenvalue weighted by molar-refractivity contribution is 0.172. The summed E-state index contributed by atoms with van der Waals surface area (Å²) in [5.74, 6) is 0. The number of hydrogen-bond acceptors (Lipinski definition) is 4. The van der Waals surface area contributed by atoms with Crippen molar-refractivity contribution in [3.63, 3.8) is 0 Å². The predicted molar refractivity (Wildman–Crippen MR) is 116 cm³/mol. The first-order valence-corrected chi connectivity index (χ1v) is 11.5. The second-order valence-corrected chi connectivity index (χ2v) is 9.82. The van der Waals surface area contributed by atoms with Crippen LogP contribution in [-0.4, -0.2) is 54.8 Å². The van der Waals surface area contributed by atoms with E-state index in [0.29, 0.717) is 5.56 Å². The molecule has 1 aliphatic heterocycles. The number of nitrogens with zero attached hydrogens (tertiary/aromatic N) is 2. The van der Waals surface area contributed by atoms with Gasteiger partial charge in [-0.15, -0.1) is 0 Å². The number of nitrogens with one attached hydrogen (secondary N) is 2. The first-order valence-electron chi connectivity index (χ1n) is 9.27. The summed E-state index contributed by atoms with van der Waals surface area (Å²) < 4.78 is 27.0. The maximum Gasteiger partial charge on any atom is 0.317 e. The first-order chi connectivity index (χ1) is 14.1. The number of carbonyl (C=O) groups is 1. The maximum absolute atomic E-state index is 12.9. The molecule has 2 N–H and O–H groups in total. The predicted octanol–water partition coefficient (Wildman–Crippen LogP) is 2.51. The van der Waals surface area contributed by atoms with Gasteiger partial charge < -0.3 is 15.2 Å². The fourth-order valence-corrected chi connectivity index (χ4v) is 5.48. The van der Waals surface area contributed by atoms with Gasteiger partial charge in [0.05, 0.1) is 11.6 Å². The molecule has 162 valence electrons. The smallest absolute Gasteiger partial charge is 0.317 e. The van der Waals surface area contributed by atoms with Gasteiger partial charge in [0.2, 0.25) is 10.0 Å². The summed E-state index contributed by atoms with van der Waals surface area (Å²) in [4.78, 5) is 28.7. The Morgan fingerprint density at radius 1 is 1.13 bits per heavy atom. The molecule has 0 spiro atoms. The molecule has 1 aromatic heterocycles. The van der Waals surface area contributed by atoms with Crippen molar-refractivity contribution >= 4 is 39.3 Å². The summed E-state index contributed by atoms with van der Waals surface area (Å²) in [6, 6.07) is 5.77. The third kappa shape index (κ3) is 4.80. The van der Waals surface area contributed by atoms with Crippen molar-refractivity contribution in [3.8, 4) is 0 Å². The Morgan fingerprint density at radius 3 is 2.43 bits per heavy atom. The van der Waals surface area contributed by atoms with Crippen LogP contribution in [0, 0.1) is 13.8 Å². The van der Waals surface area contributed by atoms with Crippen molar-refractivity contribution in [2.45, 2.75) is 25.3 Å². The zero-order chi connectivity index (χ0) is 22.1. The molecule has 1 fully saturated rings. The van der Waals surface area contributed by atoms with Gasteiger partial charge in [0.1, 0.15) is 4.90 Å². The van der Waals surface area contributed by atoms with Crippen molar-refractivity contribution in [1.82, 2.24) is 19.5 Å². The molecule has 1 aliphatic rings. The molecule has 1 saturated heterocycles. The van der Waals surface area contributed by atoms with Crippen LogP contribution in [0.25, 0.3) is 0 Å². The Kier molecular flexibility index (Phi) is 6.76. The summed E-state index contributed by atoms with van der Waals surface area (Å²) in [5, 5.41) is 3.10. The zero-order valence-corrected chi connectivity index (χ0v) is 18.9. The lowest BCUT2D eigenvalue weighted by atomic mass is 10.1. The molecule has 0 aliphatic carbocycles. The molecule has 1 aromatic carbocycles. The largest absolute Gasteiger partial charge is 0.334 e. The number of carbonyl (C=O) groups excluding carboxylic acids is 1. The van der Waals surface area contributed by atoms with Gasteiger partial charge in [0.15, 0.2) is 0 Å². The van der Waals surface area contributed by atoms with Crippen LogP contribution < -0.4 is 10.9 Å². The van der Waals surface area contributed by atoms with E-state index in [1.165, 1.54) is 27.4 Å². The highest BCUT2D eigenvalue weighted by atomic mass is 35.5. The molecule has 8 nitrogen and oxygen atoms in total. The number of pyridine rings is 1. The lowest BCUT2D eigenvalue weighted by Gasteiger charge is -2.34. The third-order valence-corrected chi connectivity index (χ3v) is 7.56. The number of piperazine rings is 1. The minimum absolute atomic E-state index is 0.0522. The lowest BCUT2D eigenvalue weighted by Crippen LogP contribution is -2.53. The fourth-order valence-electron chi connectivity index (χ4n) is 3.32. The minimum Gasteiger partial charge on any atom is -0.334 e. The Hall–Kier alpha value is -2.07. The van der Waals surface area contributed by atoms with Crippen LogP contribution in [0.5, 0.6) is 0 Å². The van der Waals surface area contributed by atoms with E-state index in [2.05, 4.69) is 10.3 Å². The summed E-state index contributed by atoms with van der Waals surface area (Å²) in [7, 11) is -3.82. The number of aromatic amines is 1. The van der Waals surface area contributed by atoms with Crippen molar-refractivity contribution in [3.05, 3.63) is 61.5 Å². The van der Waals surface area contributed by atoms with E-state index in [0.717, 1.165) is 11.3 Å². The van der Waals surface area contributed by atoms with Gasteiger partial charge in [0.25, 0.3) is 5.56 Å². The zero-order valence-electron chi connectivity index (χ0n) is 16.5. The first kappa shape index (κ1) is 22.6. The van der Waals surface area contributed by atoms with E-state index in [9.17, 15) is 18.0 Å². The number of H-pyrrole nitrogens is 1. The Bertz CT molecular complexity index is 1130. The molecule has 3 rings (SSSR count). The number of halogens is 2. The van der Waals surface area contributed by atoms with Crippen LogP contribution in [0.1, 0.15) is 16.8 Å². The van der Waals surface area contributed by atoms with Gasteiger partial charge in [-0.05, 0) is 43.7 Å². The molecular weight excluding hydrogens is 451 g/mol. The van der Waals surface area contributed by atoms with E-state index in [4.69, 9.17) is 23.2 Å². The molecule has 2 heterocycles. The Morgan fingerprint density at radius 2 is 1.80 bits per heavy atom. The number of hydrogen-bond donors (Lipinski definition) is 2. The highest BCUT2D eigenvalue weighted by Gasteiger charge is 2.31. The fraction of sp³-hybridized carbons (Fsp3) is 0.368. The molecular formula is C19H22Cl2N4O4S. The average Bonchev–Trinajstić information content (AvgIpc) is 2.68. The van der Waals surface area contributed by atoms with Gasteiger partial charge in [-0.25, -0.2) is 13.2 Å². The van der Waals surface area contributed by atoms with Crippen molar-refractivity contribution < 1.29 is 13.2 Å². The number of rotatable bonds is 4. The second kappa shape index (κ2) is 8.97. The van der Waals surface area contributed by atoms with Gasteiger partial charge in [-0.2, -0.15) is 4.31 Å². The topological polar surface area (TPSA) is 103 Å². The number of aromatic nitrogens is 1. The van der Waals surface area contributed by atoms with E-state index >= 15 is 0 Å². The summed E-state index contributed by atoms with van der Waals surface area (Å²) in [6.07, 6.45) is 0. The minimum atomic E-state index is -3.82. The molecule has 0 radical (unpaired) electrons. The molecule has 0 bridgehead atoms. The van der Waals surface area contributed by atoms with Crippen molar-refractivity contribution in [2.75, 3.05) is 26.2 Å². The van der Waals surface area contributed by atoms with Crippen LogP contribution in [0.2, 0.25) is 10.0 Å². The molecule has 0 unspecified atom stereocenters. The molecule has 30 heavy (non-hydrogen) atoms. The standard InChI is InChI=1S/C19H22Cl2N4O4S/c1-12-9-13(2)23-18(26)15(12)11-22-19(27)24-5-7-25(8-6-24)30(28,29)17-10-14(20)3-4-16(17)21/h3-4,9-10H,5-8,11H2,1-2H3,(H,22,27)(H,23,26). The summed E-state index contributed by atoms with van der Waals surface area (Å²) in [6.45, 7) is 4.39. The van der Waals surface area contributed by atoms with Crippen LogP contribution in [0.15, 0.2) is 34.0 Å². The highest BCUT2D eigenvalue weighted by Crippen LogP contribution is 2.28. The molecule has 2 amide bonds. The van der Waals surface area contributed by atoms with Gasteiger partial charge in [0, 0.05) is 42.5 Å². The van der Waals surface area contributed by atoms with E-state index in [1.807, 2.05) is 13.0 Å². The number of urea groups is 1. The molecule has 11 heteroatoms. The number of benzene rings is 1. The maximum atomic E-state index is 12.9. The summed E-state index contributed by atoms with van der Waals surface area (Å²) >= 11 is 12.0. The van der Waals surface area contributed by atoms with Gasteiger partial charge in [-0.1, -0.05) is 23.2 Å². The van der Waals surface area contributed by atoms with Crippen molar-refractivity contribution in [2.24, 2.45) is 0 Å².